The Labute approximate surface area is 148 Å². The molecular formula is C22H30OS. The molecule has 1 saturated heterocycles. The molecule has 0 radical (unpaired) electrons. The highest BCUT2D eigenvalue weighted by atomic mass is 32.3. The fourth-order valence-corrected chi connectivity index (χ4v) is 7.64. The van der Waals surface area contributed by atoms with Gasteiger partial charge in [-0.3, -0.25) is 0 Å². The predicted molar refractivity (Wildman–Crippen MR) is 106 cm³/mol. The van der Waals surface area contributed by atoms with Gasteiger partial charge in [0.1, 0.15) is 0 Å². The average molecular weight is 343 g/mol. The van der Waals surface area contributed by atoms with Gasteiger partial charge in [0.25, 0.3) is 0 Å². The minimum absolute atomic E-state index is 0.932. The van der Waals surface area contributed by atoms with Crippen molar-refractivity contribution >= 4 is 21.1 Å². The van der Waals surface area contributed by atoms with Crippen molar-refractivity contribution in [3.63, 3.8) is 0 Å². The Bertz CT molecular complexity index is 696. The van der Waals surface area contributed by atoms with Crippen LogP contribution in [0.1, 0.15) is 56.9 Å². The highest BCUT2D eigenvalue weighted by Crippen LogP contribution is 2.59. The second-order valence-electron chi connectivity index (χ2n) is 7.77. The van der Waals surface area contributed by atoms with Gasteiger partial charge in [-0.05, 0) is 54.0 Å². The molecule has 0 atom stereocenters. The minimum Gasteiger partial charge on any atom is -0.347 e. The van der Waals surface area contributed by atoms with E-state index in [1.165, 1.54) is 79.0 Å². The van der Waals surface area contributed by atoms with Gasteiger partial charge in [0.15, 0.2) is 0 Å². The van der Waals surface area contributed by atoms with Crippen LogP contribution in [-0.4, -0.2) is 16.1 Å². The van der Waals surface area contributed by atoms with Gasteiger partial charge in [0.2, 0.25) is 0 Å². The lowest BCUT2D eigenvalue weighted by atomic mass is 9.85. The summed E-state index contributed by atoms with van der Waals surface area (Å²) in [6.45, 7) is 0. The van der Waals surface area contributed by atoms with Gasteiger partial charge in [0, 0.05) is 16.4 Å². The molecule has 0 unspecified atom stereocenters. The lowest BCUT2D eigenvalue weighted by Crippen LogP contribution is -2.08. The van der Waals surface area contributed by atoms with Crippen LogP contribution in [0.5, 0.6) is 0 Å². The third kappa shape index (κ3) is 3.23. The van der Waals surface area contributed by atoms with Crippen LogP contribution in [0, 0.1) is 5.92 Å². The standard InChI is InChI=1S/C22H30OS/c23-24(16-6-7-17-24)22-15-14-19(20-10-4-5-11-21(20)22)13-12-18-8-2-1-3-9-18/h4-5,10-11,14-15,18,23H,1-3,6-9,12-13,16-17H2. The molecule has 1 aliphatic heterocycles. The van der Waals surface area contributed by atoms with Crippen molar-refractivity contribution in [1.29, 1.82) is 0 Å². The first kappa shape index (κ1) is 16.5. The zero-order valence-corrected chi connectivity index (χ0v) is 15.5. The van der Waals surface area contributed by atoms with Gasteiger partial charge >= 0.3 is 0 Å². The average Bonchev–Trinajstić information content (AvgIpc) is 3.08. The van der Waals surface area contributed by atoms with E-state index in [4.69, 9.17) is 0 Å². The lowest BCUT2D eigenvalue weighted by molar-refractivity contribution is 0.339. The van der Waals surface area contributed by atoms with Crippen molar-refractivity contribution in [2.45, 2.75) is 62.7 Å². The third-order valence-corrected chi connectivity index (χ3v) is 9.25. The molecule has 1 N–H and O–H groups in total. The van der Waals surface area contributed by atoms with Gasteiger partial charge in [-0.1, -0.05) is 62.4 Å². The normalized spacial score (nSPS) is 22.7. The first-order chi connectivity index (χ1) is 11.8. The SMILES string of the molecule is OS1(c2ccc(CCC3CCCCC3)c3ccccc23)CCCC1. The van der Waals surface area contributed by atoms with Crippen LogP contribution in [0.25, 0.3) is 10.8 Å². The fraction of sp³-hybridized carbons (Fsp3) is 0.545. The van der Waals surface area contributed by atoms with E-state index in [0.29, 0.717) is 0 Å². The fourth-order valence-electron chi connectivity index (χ4n) is 4.72. The summed E-state index contributed by atoms with van der Waals surface area (Å²) < 4.78 is 11.2. The smallest absolute Gasteiger partial charge is 0.0203 e. The van der Waals surface area contributed by atoms with Gasteiger partial charge in [-0.15, -0.1) is 10.3 Å². The van der Waals surface area contributed by atoms with E-state index in [2.05, 4.69) is 36.4 Å². The Morgan fingerprint density at radius 1 is 0.833 bits per heavy atom. The molecule has 2 heteroatoms. The van der Waals surface area contributed by atoms with E-state index in [0.717, 1.165) is 17.4 Å². The van der Waals surface area contributed by atoms with Crippen LogP contribution >= 0.6 is 10.3 Å². The first-order valence-electron chi connectivity index (χ1n) is 9.78. The third-order valence-electron chi connectivity index (χ3n) is 6.14. The van der Waals surface area contributed by atoms with Crippen molar-refractivity contribution in [2.75, 3.05) is 11.5 Å². The summed E-state index contributed by atoms with van der Waals surface area (Å²) >= 11 is 0. The van der Waals surface area contributed by atoms with Crippen molar-refractivity contribution in [3.8, 4) is 0 Å². The molecule has 2 aromatic rings. The predicted octanol–water partition coefficient (Wildman–Crippen LogP) is 6.78. The van der Waals surface area contributed by atoms with Crippen molar-refractivity contribution in [2.24, 2.45) is 5.92 Å². The molecule has 1 nitrogen and oxygen atoms in total. The molecule has 24 heavy (non-hydrogen) atoms. The maximum atomic E-state index is 11.2. The topological polar surface area (TPSA) is 20.2 Å². The van der Waals surface area contributed by atoms with Gasteiger partial charge in [-0.2, -0.15) is 0 Å². The van der Waals surface area contributed by atoms with Crippen molar-refractivity contribution < 1.29 is 4.55 Å². The number of hydrogen-bond donors (Lipinski definition) is 1. The molecule has 2 fully saturated rings. The molecule has 130 valence electrons. The summed E-state index contributed by atoms with van der Waals surface area (Å²) in [5.74, 6) is 2.93. The Kier molecular flexibility index (Phi) is 4.87. The van der Waals surface area contributed by atoms with Gasteiger partial charge in [0.05, 0.1) is 0 Å². The first-order valence-corrected chi connectivity index (χ1v) is 11.7. The highest BCUT2D eigenvalue weighted by Gasteiger charge is 2.29. The zero-order valence-electron chi connectivity index (χ0n) is 14.7. The summed E-state index contributed by atoms with van der Waals surface area (Å²) in [6, 6.07) is 13.4. The second-order valence-corrected chi connectivity index (χ2v) is 10.7. The summed E-state index contributed by atoms with van der Waals surface area (Å²) in [5, 5.41) is 2.71. The quantitative estimate of drug-likeness (QED) is 0.649. The molecule has 0 spiro atoms. The molecule has 1 heterocycles. The summed E-state index contributed by atoms with van der Waals surface area (Å²) in [4.78, 5) is 1.25. The largest absolute Gasteiger partial charge is 0.347 e. The van der Waals surface area contributed by atoms with E-state index in [1.54, 1.807) is 0 Å². The summed E-state index contributed by atoms with van der Waals surface area (Å²) in [7, 11) is -1.56. The van der Waals surface area contributed by atoms with Crippen LogP contribution in [0.4, 0.5) is 0 Å². The number of benzene rings is 2. The maximum absolute atomic E-state index is 11.2. The summed E-state index contributed by atoms with van der Waals surface area (Å²) in [5.41, 5.74) is 1.49. The number of fused-ring (bicyclic) bond motifs is 1. The van der Waals surface area contributed by atoms with Crippen LogP contribution in [-0.2, 0) is 6.42 Å². The molecular weight excluding hydrogens is 312 g/mol. The van der Waals surface area contributed by atoms with E-state index >= 15 is 0 Å². The van der Waals surface area contributed by atoms with E-state index < -0.39 is 10.3 Å². The van der Waals surface area contributed by atoms with Crippen LogP contribution in [0.3, 0.4) is 0 Å². The Morgan fingerprint density at radius 3 is 2.29 bits per heavy atom. The van der Waals surface area contributed by atoms with Crippen molar-refractivity contribution in [3.05, 3.63) is 42.0 Å². The highest BCUT2D eigenvalue weighted by molar-refractivity contribution is 8.29. The van der Waals surface area contributed by atoms with Gasteiger partial charge in [-0.25, -0.2) is 0 Å². The molecule has 2 aromatic carbocycles. The molecule has 4 rings (SSSR count). The Balaban J connectivity index is 1.63. The maximum Gasteiger partial charge on any atom is 0.0203 e. The van der Waals surface area contributed by atoms with Crippen LogP contribution < -0.4 is 0 Å². The monoisotopic (exact) mass is 342 g/mol. The minimum atomic E-state index is -1.56. The number of rotatable bonds is 4. The Morgan fingerprint density at radius 2 is 1.54 bits per heavy atom. The van der Waals surface area contributed by atoms with Gasteiger partial charge < -0.3 is 4.55 Å². The molecule has 1 aliphatic carbocycles. The second kappa shape index (κ2) is 7.09. The van der Waals surface area contributed by atoms with Crippen molar-refractivity contribution in [1.82, 2.24) is 0 Å². The van der Waals surface area contributed by atoms with E-state index in [1.807, 2.05) is 0 Å². The van der Waals surface area contributed by atoms with E-state index in [-0.39, 0.29) is 0 Å². The molecule has 0 aromatic heterocycles. The molecule has 0 bridgehead atoms. The van der Waals surface area contributed by atoms with Crippen LogP contribution in [0.2, 0.25) is 0 Å². The van der Waals surface area contributed by atoms with Crippen LogP contribution in [0.15, 0.2) is 41.3 Å². The zero-order chi connectivity index (χ0) is 16.4. The number of hydrogen-bond acceptors (Lipinski definition) is 1. The molecule has 0 amide bonds. The molecule has 2 aliphatic rings. The Hall–Kier alpha value is -0.990. The number of aryl methyl sites for hydroxylation is 1. The lowest BCUT2D eigenvalue weighted by Gasteiger charge is -2.31. The molecule has 1 saturated carbocycles. The summed E-state index contributed by atoms with van der Waals surface area (Å²) in [6.07, 6.45) is 12.1. The van der Waals surface area contributed by atoms with E-state index in [9.17, 15) is 4.55 Å².